The fraction of sp³-hybridized carbons (Fsp3) is 0.364. The van der Waals surface area contributed by atoms with Gasteiger partial charge in [0.2, 0.25) is 10.0 Å². The van der Waals surface area contributed by atoms with Crippen LogP contribution in [0, 0.1) is 5.82 Å². The number of nitrogens with zero attached hydrogens (tertiary/aromatic N) is 2. The highest BCUT2D eigenvalue weighted by molar-refractivity contribution is 7.89. The molecule has 5 nitrogen and oxygen atoms in total. The predicted octanol–water partition coefficient (Wildman–Crippen LogP) is 5.35. The Morgan fingerprint density at radius 3 is 2.38 bits per heavy atom. The fourth-order valence-electron chi connectivity index (χ4n) is 3.82. The standard InChI is InChI=1S/C22H24F4N2O3S/c1-5-6-11-21(2)14-28(16-9-7-15(23)8-10-16)18-12-17(22(24,25)26)19(31-4)13-20(18)32(29,30)27(21)3/h5,7-10,12-13H,1,6,11,14H2,2-4H3. The molecule has 0 saturated carbocycles. The molecule has 1 unspecified atom stereocenters. The minimum atomic E-state index is -4.77. The Morgan fingerprint density at radius 1 is 1.22 bits per heavy atom. The van der Waals surface area contributed by atoms with Crippen LogP contribution < -0.4 is 9.64 Å². The van der Waals surface area contributed by atoms with Crippen molar-refractivity contribution in [2.45, 2.75) is 36.4 Å². The van der Waals surface area contributed by atoms with Gasteiger partial charge in [0.25, 0.3) is 0 Å². The highest BCUT2D eigenvalue weighted by Gasteiger charge is 2.46. The van der Waals surface area contributed by atoms with Gasteiger partial charge >= 0.3 is 6.18 Å². The smallest absolute Gasteiger partial charge is 0.420 e. The Morgan fingerprint density at radius 2 is 1.84 bits per heavy atom. The Balaban J connectivity index is 2.37. The van der Waals surface area contributed by atoms with Gasteiger partial charge in [-0.1, -0.05) is 6.08 Å². The Labute approximate surface area is 184 Å². The van der Waals surface area contributed by atoms with Crippen LogP contribution in [0.2, 0.25) is 0 Å². The molecule has 0 aliphatic carbocycles. The number of methoxy groups -OCH3 is 1. The van der Waals surface area contributed by atoms with Gasteiger partial charge in [0, 0.05) is 25.3 Å². The number of allylic oxidation sites excluding steroid dienone is 1. The van der Waals surface area contributed by atoms with Gasteiger partial charge in [-0.2, -0.15) is 17.5 Å². The number of ether oxygens (including phenoxy) is 1. The number of sulfonamides is 1. The minimum absolute atomic E-state index is 0.0405. The van der Waals surface area contributed by atoms with Crippen LogP contribution >= 0.6 is 0 Å². The van der Waals surface area contributed by atoms with Crippen molar-refractivity contribution < 1.29 is 30.7 Å². The topological polar surface area (TPSA) is 49.9 Å². The molecule has 0 bridgehead atoms. The average Bonchev–Trinajstić information content (AvgIpc) is 2.80. The number of fused-ring (bicyclic) bond motifs is 1. The molecule has 3 rings (SSSR count). The predicted molar refractivity (Wildman–Crippen MR) is 114 cm³/mol. The zero-order chi connectivity index (χ0) is 23.9. The second-order valence-electron chi connectivity index (χ2n) is 7.88. The maximum Gasteiger partial charge on any atom is 0.420 e. The molecule has 10 heteroatoms. The summed E-state index contributed by atoms with van der Waals surface area (Å²) in [4.78, 5) is 1.16. The van der Waals surface area contributed by atoms with E-state index in [1.807, 2.05) is 0 Å². The Kier molecular flexibility index (Phi) is 6.32. The van der Waals surface area contributed by atoms with E-state index in [0.29, 0.717) is 18.5 Å². The molecular weight excluding hydrogens is 448 g/mol. The van der Waals surface area contributed by atoms with Crippen molar-refractivity contribution in [2.75, 3.05) is 25.6 Å². The summed E-state index contributed by atoms with van der Waals surface area (Å²) in [7, 11) is -1.75. The van der Waals surface area contributed by atoms with E-state index in [2.05, 4.69) is 6.58 Å². The van der Waals surface area contributed by atoms with Crippen molar-refractivity contribution in [3.8, 4) is 5.75 Å². The number of anilines is 2. The van der Waals surface area contributed by atoms with E-state index >= 15 is 0 Å². The second kappa shape index (κ2) is 8.40. The van der Waals surface area contributed by atoms with E-state index in [1.54, 1.807) is 13.0 Å². The molecule has 2 aromatic carbocycles. The maximum atomic E-state index is 13.8. The lowest BCUT2D eigenvalue weighted by Crippen LogP contribution is -2.51. The van der Waals surface area contributed by atoms with E-state index in [-0.39, 0.29) is 17.1 Å². The molecule has 174 valence electrons. The molecule has 0 aromatic heterocycles. The zero-order valence-electron chi connectivity index (χ0n) is 17.9. The van der Waals surface area contributed by atoms with Gasteiger partial charge in [-0.25, -0.2) is 12.8 Å². The van der Waals surface area contributed by atoms with Crippen LogP contribution in [0.15, 0.2) is 53.9 Å². The van der Waals surface area contributed by atoms with Crippen LogP contribution in [0.3, 0.4) is 0 Å². The number of hydrogen-bond donors (Lipinski definition) is 0. The third kappa shape index (κ3) is 4.21. The minimum Gasteiger partial charge on any atom is -0.496 e. The van der Waals surface area contributed by atoms with Crippen LogP contribution in [0.4, 0.5) is 28.9 Å². The van der Waals surface area contributed by atoms with Gasteiger partial charge in [-0.05, 0) is 50.1 Å². The number of rotatable bonds is 5. The van der Waals surface area contributed by atoms with Crippen LogP contribution in [-0.2, 0) is 16.2 Å². The molecule has 2 aromatic rings. The summed E-state index contributed by atoms with van der Waals surface area (Å²) in [6, 6.07) is 6.84. The number of alkyl halides is 3. The van der Waals surface area contributed by atoms with Gasteiger partial charge in [0.1, 0.15) is 16.5 Å². The highest BCUT2D eigenvalue weighted by atomic mass is 32.2. The van der Waals surface area contributed by atoms with Crippen molar-refractivity contribution in [3.63, 3.8) is 0 Å². The first-order chi connectivity index (χ1) is 14.8. The van der Waals surface area contributed by atoms with Crippen LogP contribution in [0.5, 0.6) is 5.75 Å². The summed E-state index contributed by atoms with van der Waals surface area (Å²) < 4.78 is 88.0. The maximum absolute atomic E-state index is 13.8. The summed E-state index contributed by atoms with van der Waals surface area (Å²) in [6.45, 7) is 5.45. The van der Waals surface area contributed by atoms with Crippen molar-refractivity contribution in [2.24, 2.45) is 0 Å². The summed E-state index contributed by atoms with van der Waals surface area (Å²) in [6.07, 6.45) is -2.26. The van der Waals surface area contributed by atoms with E-state index in [0.717, 1.165) is 19.2 Å². The summed E-state index contributed by atoms with van der Waals surface area (Å²) in [5, 5.41) is 0. The van der Waals surface area contributed by atoms with Gasteiger partial charge in [0.15, 0.2) is 0 Å². The molecule has 0 spiro atoms. The molecule has 0 radical (unpaired) electrons. The van der Waals surface area contributed by atoms with E-state index in [1.165, 1.54) is 40.5 Å². The average molecular weight is 473 g/mol. The molecule has 0 N–H and O–H groups in total. The first-order valence-corrected chi connectivity index (χ1v) is 11.2. The summed E-state index contributed by atoms with van der Waals surface area (Å²) >= 11 is 0. The highest BCUT2D eigenvalue weighted by Crippen LogP contribution is 2.47. The largest absolute Gasteiger partial charge is 0.496 e. The molecule has 1 aliphatic heterocycles. The Hall–Kier alpha value is -2.59. The lowest BCUT2D eigenvalue weighted by Gasteiger charge is -2.39. The van der Waals surface area contributed by atoms with Gasteiger partial charge in [-0.15, -0.1) is 6.58 Å². The van der Waals surface area contributed by atoms with Crippen LogP contribution in [0.1, 0.15) is 25.3 Å². The fourth-order valence-corrected chi connectivity index (χ4v) is 5.54. The number of hydrogen-bond acceptors (Lipinski definition) is 4. The molecule has 1 heterocycles. The summed E-state index contributed by atoms with van der Waals surface area (Å²) in [5.74, 6) is -1.12. The SMILES string of the molecule is C=CCCC1(C)CN(c2ccc(F)cc2)c2cc(C(F)(F)F)c(OC)cc2S(=O)(=O)N1C. The monoisotopic (exact) mass is 472 g/mol. The first kappa shape index (κ1) is 24.1. The van der Waals surface area contributed by atoms with E-state index < -0.39 is 38.9 Å². The van der Waals surface area contributed by atoms with Crippen molar-refractivity contribution >= 4 is 21.4 Å². The number of likely N-dealkylation sites (N-methyl/N-ethyl adjacent to an activating group) is 1. The zero-order valence-corrected chi connectivity index (χ0v) is 18.7. The molecule has 32 heavy (non-hydrogen) atoms. The molecule has 0 fully saturated rings. The third-order valence-corrected chi connectivity index (χ3v) is 7.84. The normalized spacial score (nSPS) is 21.0. The second-order valence-corrected chi connectivity index (χ2v) is 9.82. The van der Waals surface area contributed by atoms with Crippen LogP contribution in [-0.4, -0.2) is 39.0 Å². The van der Waals surface area contributed by atoms with Crippen molar-refractivity contribution in [1.29, 1.82) is 0 Å². The van der Waals surface area contributed by atoms with Gasteiger partial charge in [-0.3, -0.25) is 0 Å². The lowest BCUT2D eigenvalue weighted by atomic mass is 9.94. The molecular formula is C22H24F4N2O3S. The molecule has 1 aliphatic rings. The Bertz CT molecular complexity index is 1120. The number of halogens is 4. The van der Waals surface area contributed by atoms with Crippen LogP contribution in [0.25, 0.3) is 0 Å². The van der Waals surface area contributed by atoms with Crippen molar-refractivity contribution in [1.82, 2.24) is 4.31 Å². The first-order valence-electron chi connectivity index (χ1n) is 9.77. The summed E-state index contributed by atoms with van der Waals surface area (Å²) in [5.41, 5.74) is -1.88. The van der Waals surface area contributed by atoms with E-state index in [4.69, 9.17) is 4.74 Å². The molecule has 0 saturated heterocycles. The van der Waals surface area contributed by atoms with Crippen molar-refractivity contribution in [3.05, 3.63) is 60.4 Å². The molecule has 1 atom stereocenters. The lowest BCUT2D eigenvalue weighted by molar-refractivity contribution is -0.138. The van der Waals surface area contributed by atoms with E-state index in [9.17, 15) is 26.0 Å². The van der Waals surface area contributed by atoms with Gasteiger partial charge < -0.3 is 9.64 Å². The molecule has 0 amide bonds. The van der Waals surface area contributed by atoms with Gasteiger partial charge in [0.05, 0.1) is 23.9 Å². The number of benzene rings is 2. The third-order valence-electron chi connectivity index (χ3n) is 5.80. The quantitative estimate of drug-likeness (QED) is 0.435.